The minimum atomic E-state index is -0.904. The molecule has 5 heteroatoms. The highest BCUT2D eigenvalue weighted by Gasteiger charge is 2.26. The fraction of sp³-hybridized carbons (Fsp3) is 0.500. The molecule has 0 unspecified atom stereocenters. The summed E-state index contributed by atoms with van der Waals surface area (Å²) in [6.07, 6.45) is 0.799. The Morgan fingerprint density at radius 1 is 1.37 bits per heavy atom. The normalized spacial score (nSPS) is 17.4. The zero-order chi connectivity index (χ0) is 13.8. The van der Waals surface area contributed by atoms with Gasteiger partial charge in [0.1, 0.15) is 5.82 Å². The molecule has 0 radical (unpaired) electrons. The highest BCUT2D eigenvalue weighted by Crippen LogP contribution is 2.18. The van der Waals surface area contributed by atoms with Gasteiger partial charge in [0.05, 0.1) is 0 Å². The summed E-state index contributed by atoms with van der Waals surface area (Å²) in [5, 5.41) is 9.35. The van der Waals surface area contributed by atoms with Crippen LogP contribution in [-0.2, 0) is 6.54 Å². The van der Waals surface area contributed by atoms with E-state index >= 15 is 0 Å². The lowest BCUT2D eigenvalue weighted by atomic mass is 10.0. The van der Waals surface area contributed by atoms with Crippen LogP contribution in [0, 0.1) is 5.82 Å². The van der Waals surface area contributed by atoms with Crippen LogP contribution in [0.25, 0.3) is 0 Å². The van der Waals surface area contributed by atoms with Crippen LogP contribution in [0.5, 0.6) is 0 Å². The highest BCUT2D eigenvalue weighted by molar-refractivity contribution is 5.65. The van der Waals surface area contributed by atoms with Gasteiger partial charge in [-0.1, -0.05) is 12.1 Å². The lowest BCUT2D eigenvalue weighted by Gasteiger charge is -2.35. The van der Waals surface area contributed by atoms with Gasteiger partial charge < -0.3 is 14.9 Å². The molecule has 0 bridgehead atoms. The summed E-state index contributed by atoms with van der Waals surface area (Å²) in [6, 6.07) is 6.06. The number of benzene rings is 1. The molecule has 0 spiro atoms. The van der Waals surface area contributed by atoms with Crippen molar-refractivity contribution in [1.82, 2.24) is 9.80 Å². The van der Waals surface area contributed by atoms with E-state index in [2.05, 4.69) is 4.90 Å². The van der Waals surface area contributed by atoms with Crippen LogP contribution in [-0.4, -0.2) is 47.2 Å². The Labute approximate surface area is 112 Å². The van der Waals surface area contributed by atoms with Crippen molar-refractivity contribution in [2.24, 2.45) is 0 Å². The molecule has 2 rings (SSSR count). The summed E-state index contributed by atoms with van der Waals surface area (Å²) in [5.74, 6) is -0.301. The van der Waals surface area contributed by atoms with Gasteiger partial charge in [0.25, 0.3) is 0 Å². The Balaban J connectivity index is 2.04. The Morgan fingerprint density at radius 2 is 1.95 bits per heavy atom. The second-order valence-electron chi connectivity index (χ2n) is 5.07. The first-order chi connectivity index (χ1) is 9.06. The summed E-state index contributed by atoms with van der Waals surface area (Å²) in [5.41, 5.74) is 0.822. The van der Waals surface area contributed by atoms with E-state index in [9.17, 15) is 14.3 Å². The van der Waals surface area contributed by atoms with Crippen molar-refractivity contribution in [3.63, 3.8) is 0 Å². The molecule has 1 fully saturated rings. The van der Waals surface area contributed by atoms with E-state index < -0.39 is 6.09 Å². The topological polar surface area (TPSA) is 43.8 Å². The number of hydrogen-bond donors (Lipinski definition) is 1. The largest absolute Gasteiger partial charge is 0.465 e. The minimum absolute atomic E-state index is 0.0544. The number of hydrogen-bond acceptors (Lipinski definition) is 2. The van der Waals surface area contributed by atoms with E-state index in [4.69, 9.17) is 0 Å². The lowest BCUT2D eigenvalue weighted by Crippen LogP contribution is -2.45. The van der Waals surface area contributed by atoms with Gasteiger partial charge in [-0.05, 0) is 50.7 Å². The number of carbonyl (C=O) groups is 1. The summed E-state index contributed by atoms with van der Waals surface area (Å²) in [7, 11) is 2.04. The van der Waals surface area contributed by atoms with Crippen LogP contribution in [0.1, 0.15) is 18.4 Å². The van der Waals surface area contributed by atoms with Crippen molar-refractivity contribution in [1.29, 1.82) is 0 Å². The Bertz CT molecular complexity index is 428. The van der Waals surface area contributed by atoms with Gasteiger partial charge in [-0.15, -0.1) is 0 Å². The number of carboxylic acid groups (broad SMARTS) is 1. The molecule has 104 valence electrons. The van der Waals surface area contributed by atoms with Crippen LogP contribution in [0.2, 0.25) is 0 Å². The maximum atomic E-state index is 12.8. The second-order valence-corrected chi connectivity index (χ2v) is 5.07. The highest BCUT2D eigenvalue weighted by atomic mass is 19.1. The third-order valence-corrected chi connectivity index (χ3v) is 3.64. The molecule has 1 amide bonds. The van der Waals surface area contributed by atoms with Gasteiger partial charge in [-0.2, -0.15) is 0 Å². The molecule has 4 nitrogen and oxygen atoms in total. The third kappa shape index (κ3) is 3.67. The van der Waals surface area contributed by atoms with Crippen molar-refractivity contribution in [2.45, 2.75) is 25.4 Å². The molecule has 19 heavy (non-hydrogen) atoms. The first-order valence-corrected chi connectivity index (χ1v) is 6.49. The molecule has 0 atom stereocenters. The molecule has 0 aromatic heterocycles. The SMILES string of the molecule is CN1CCC(N(Cc2ccc(F)cc2)C(=O)O)CC1. The predicted octanol–water partition coefficient (Wildman–Crippen LogP) is 2.40. The number of rotatable bonds is 3. The fourth-order valence-electron chi connectivity index (χ4n) is 2.45. The van der Waals surface area contributed by atoms with E-state index in [0.717, 1.165) is 31.5 Å². The summed E-state index contributed by atoms with van der Waals surface area (Å²) in [4.78, 5) is 15.1. The number of halogens is 1. The molecule has 1 heterocycles. The zero-order valence-electron chi connectivity index (χ0n) is 11.1. The molecule has 1 aliphatic heterocycles. The number of piperidine rings is 1. The van der Waals surface area contributed by atoms with Crippen molar-refractivity contribution >= 4 is 6.09 Å². The van der Waals surface area contributed by atoms with Gasteiger partial charge in [-0.3, -0.25) is 0 Å². The van der Waals surface area contributed by atoms with E-state index in [1.165, 1.54) is 17.0 Å². The van der Waals surface area contributed by atoms with Crippen LogP contribution < -0.4 is 0 Å². The quantitative estimate of drug-likeness (QED) is 0.913. The van der Waals surface area contributed by atoms with Crippen LogP contribution in [0.3, 0.4) is 0 Å². The number of amides is 1. The Morgan fingerprint density at radius 3 is 2.47 bits per heavy atom. The maximum Gasteiger partial charge on any atom is 0.407 e. The molecule has 1 N–H and O–H groups in total. The van der Waals surface area contributed by atoms with E-state index in [-0.39, 0.29) is 11.9 Å². The molecule has 1 aromatic rings. The van der Waals surface area contributed by atoms with Gasteiger partial charge >= 0.3 is 6.09 Å². The van der Waals surface area contributed by atoms with Crippen LogP contribution in [0.4, 0.5) is 9.18 Å². The molecular formula is C14H19FN2O2. The molecule has 1 aromatic carbocycles. The van der Waals surface area contributed by atoms with E-state index in [1.807, 2.05) is 7.05 Å². The molecule has 0 saturated carbocycles. The predicted molar refractivity (Wildman–Crippen MR) is 70.5 cm³/mol. The van der Waals surface area contributed by atoms with Crippen molar-refractivity contribution in [3.05, 3.63) is 35.6 Å². The summed E-state index contributed by atoms with van der Waals surface area (Å²) >= 11 is 0. The molecule has 1 saturated heterocycles. The van der Waals surface area contributed by atoms with Gasteiger partial charge in [-0.25, -0.2) is 9.18 Å². The lowest BCUT2D eigenvalue weighted by molar-refractivity contribution is 0.0927. The van der Waals surface area contributed by atoms with Crippen LogP contribution >= 0.6 is 0 Å². The van der Waals surface area contributed by atoms with Crippen LogP contribution in [0.15, 0.2) is 24.3 Å². The van der Waals surface area contributed by atoms with Crippen molar-refractivity contribution in [3.8, 4) is 0 Å². The Kier molecular flexibility index (Phi) is 4.37. The second kappa shape index (κ2) is 6.02. The first kappa shape index (κ1) is 13.8. The maximum absolute atomic E-state index is 12.8. The minimum Gasteiger partial charge on any atom is -0.465 e. The first-order valence-electron chi connectivity index (χ1n) is 6.49. The summed E-state index contributed by atoms with van der Waals surface area (Å²) in [6.45, 7) is 2.15. The molecule has 0 aliphatic carbocycles. The zero-order valence-corrected chi connectivity index (χ0v) is 11.1. The monoisotopic (exact) mass is 266 g/mol. The van der Waals surface area contributed by atoms with E-state index in [1.54, 1.807) is 12.1 Å². The molecule has 1 aliphatic rings. The van der Waals surface area contributed by atoms with Gasteiger partial charge in [0.15, 0.2) is 0 Å². The van der Waals surface area contributed by atoms with Gasteiger partial charge in [0.2, 0.25) is 0 Å². The van der Waals surface area contributed by atoms with Gasteiger partial charge in [0, 0.05) is 12.6 Å². The molecular weight excluding hydrogens is 247 g/mol. The fourth-order valence-corrected chi connectivity index (χ4v) is 2.45. The smallest absolute Gasteiger partial charge is 0.407 e. The average Bonchev–Trinajstić information content (AvgIpc) is 2.39. The number of likely N-dealkylation sites (tertiary alicyclic amines) is 1. The summed E-state index contributed by atoms with van der Waals surface area (Å²) < 4.78 is 12.8. The van der Waals surface area contributed by atoms with Crippen molar-refractivity contribution < 1.29 is 14.3 Å². The standard InChI is InChI=1S/C14H19FN2O2/c1-16-8-6-13(7-9-16)17(14(18)19)10-11-2-4-12(15)5-3-11/h2-5,13H,6-10H2,1H3,(H,18,19). The number of nitrogens with zero attached hydrogens (tertiary/aromatic N) is 2. The van der Waals surface area contributed by atoms with E-state index in [0.29, 0.717) is 6.54 Å². The average molecular weight is 266 g/mol. The Hall–Kier alpha value is -1.62. The van der Waals surface area contributed by atoms with Crippen molar-refractivity contribution in [2.75, 3.05) is 20.1 Å². The third-order valence-electron chi connectivity index (χ3n) is 3.64.